The fraction of sp³-hybridized carbons (Fsp3) is 0.462. The molecule has 2 fully saturated rings. The maximum atomic E-state index is 13.4. The Kier molecular flexibility index (Phi) is 7.37. The zero-order valence-corrected chi connectivity index (χ0v) is 21.1. The predicted octanol–water partition coefficient (Wildman–Crippen LogP) is 3.25. The standard InChI is InChI=1S/C26H29N7O5/c1-37-7-4-28-21-11-23(29-13-18(21)12-27)31-25(35)33-19-8-16(9-19)20-10-17(22(15-34)30-24(20)33)14-32-5-2-3-6-38-26(32)36/h10-11,13,15-16,19H,2-9,14H2,1H3,(H2,28,29,31,35). The molecule has 0 atom stereocenters. The van der Waals surface area contributed by atoms with Crippen molar-refractivity contribution in [1.29, 1.82) is 5.26 Å². The number of hydrogen-bond donors (Lipinski definition) is 2. The smallest absolute Gasteiger partial charge is 0.410 e. The van der Waals surface area contributed by atoms with Crippen molar-refractivity contribution in [2.75, 3.05) is 48.9 Å². The van der Waals surface area contributed by atoms with Crippen LogP contribution >= 0.6 is 0 Å². The Hall–Kier alpha value is -4.24. The van der Waals surface area contributed by atoms with Crippen molar-refractivity contribution in [2.45, 2.75) is 44.2 Å². The van der Waals surface area contributed by atoms with E-state index in [1.165, 1.54) is 6.20 Å². The van der Waals surface area contributed by atoms with Crippen molar-refractivity contribution in [3.05, 3.63) is 40.7 Å². The first-order chi connectivity index (χ1) is 18.5. The highest BCUT2D eigenvalue weighted by Crippen LogP contribution is 2.50. The van der Waals surface area contributed by atoms with Gasteiger partial charge in [-0.3, -0.25) is 15.0 Å². The molecule has 12 heteroatoms. The fourth-order valence-corrected chi connectivity index (χ4v) is 5.10. The number of methoxy groups -OCH3 is 1. The molecule has 2 bridgehead atoms. The average molecular weight is 520 g/mol. The highest BCUT2D eigenvalue weighted by Gasteiger charge is 2.46. The summed E-state index contributed by atoms with van der Waals surface area (Å²) in [5, 5.41) is 15.3. The second kappa shape index (κ2) is 11.0. The lowest BCUT2D eigenvalue weighted by molar-refractivity contribution is 0.109. The van der Waals surface area contributed by atoms with Crippen LogP contribution in [0.2, 0.25) is 0 Å². The van der Waals surface area contributed by atoms with Gasteiger partial charge in [-0.2, -0.15) is 5.26 Å². The molecule has 5 heterocycles. The number of hydrogen-bond acceptors (Lipinski definition) is 9. The minimum atomic E-state index is -0.414. The van der Waals surface area contributed by atoms with Gasteiger partial charge in [-0.05, 0) is 43.2 Å². The molecule has 2 N–H and O–H groups in total. The normalized spacial score (nSPS) is 19.8. The fourth-order valence-electron chi connectivity index (χ4n) is 5.10. The van der Waals surface area contributed by atoms with Gasteiger partial charge in [0, 0.05) is 44.1 Å². The number of pyridine rings is 2. The number of amides is 3. The minimum Gasteiger partial charge on any atom is -0.449 e. The molecule has 0 spiro atoms. The molecule has 38 heavy (non-hydrogen) atoms. The summed E-state index contributed by atoms with van der Waals surface area (Å²) >= 11 is 0. The summed E-state index contributed by atoms with van der Waals surface area (Å²) < 4.78 is 10.3. The van der Waals surface area contributed by atoms with E-state index < -0.39 is 12.1 Å². The third kappa shape index (κ3) is 4.97. The highest BCUT2D eigenvalue weighted by atomic mass is 16.6. The van der Waals surface area contributed by atoms with E-state index in [-0.39, 0.29) is 30.0 Å². The lowest BCUT2D eigenvalue weighted by atomic mass is 9.71. The molecule has 2 aromatic rings. The van der Waals surface area contributed by atoms with Crippen molar-refractivity contribution in [1.82, 2.24) is 14.9 Å². The summed E-state index contributed by atoms with van der Waals surface area (Å²) in [6.45, 7) is 2.11. The van der Waals surface area contributed by atoms with Gasteiger partial charge in [0.25, 0.3) is 0 Å². The summed E-state index contributed by atoms with van der Waals surface area (Å²) in [6, 6.07) is 5.14. The molecule has 3 aliphatic heterocycles. The van der Waals surface area contributed by atoms with E-state index in [2.05, 4.69) is 26.7 Å². The van der Waals surface area contributed by atoms with Gasteiger partial charge in [0.2, 0.25) is 0 Å². The molecule has 1 saturated carbocycles. The van der Waals surface area contributed by atoms with Crippen LogP contribution in [0.25, 0.3) is 0 Å². The Labute approximate surface area is 219 Å². The van der Waals surface area contributed by atoms with E-state index in [0.717, 1.165) is 31.2 Å². The number of nitriles is 1. The predicted molar refractivity (Wildman–Crippen MR) is 137 cm³/mol. The number of cyclic esters (lactones) is 1. The Morgan fingerprint density at radius 1 is 1.34 bits per heavy atom. The van der Waals surface area contributed by atoms with Crippen LogP contribution in [0.4, 0.5) is 26.9 Å². The van der Waals surface area contributed by atoms with Crippen LogP contribution in [0.1, 0.15) is 58.8 Å². The maximum absolute atomic E-state index is 13.4. The Bertz CT molecular complexity index is 1290. The van der Waals surface area contributed by atoms with Crippen molar-refractivity contribution in [3.63, 3.8) is 0 Å². The summed E-state index contributed by atoms with van der Waals surface area (Å²) in [5.41, 5.74) is 2.61. The van der Waals surface area contributed by atoms with Gasteiger partial charge in [0.05, 0.1) is 31.0 Å². The van der Waals surface area contributed by atoms with Gasteiger partial charge in [0.15, 0.2) is 6.29 Å². The zero-order chi connectivity index (χ0) is 26.6. The van der Waals surface area contributed by atoms with Crippen LogP contribution in [0.3, 0.4) is 0 Å². The SMILES string of the molecule is COCCNc1cc(NC(=O)N2c3nc(C=O)c(CN4CCCCOC4=O)cc3C3CC2C3)ncc1C#N. The Morgan fingerprint density at radius 2 is 2.18 bits per heavy atom. The monoisotopic (exact) mass is 519 g/mol. The summed E-state index contributed by atoms with van der Waals surface area (Å²) in [4.78, 5) is 49.8. The number of nitrogens with one attached hydrogen (secondary N) is 2. The molecule has 0 aromatic carbocycles. The van der Waals surface area contributed by atoms with Gasteiger partial charge < -0.3 is 19.7 Å². The van der Waals surface area contributed by atoms with E-state index in [0.29, 0.717) is 55.2 Å². The first-order valence-electron chi connectivity index (χ1n) is 12.7. The van der Waals surface area contributed by atoms with Crippen molar-refractivity contribution in [2.24, 2.45) is 0 Å². The van der Waals surface area contributed by atoms with Crippen LogP contribution in [-0.4, -0.2) is 72.7 Å². The van der Waals surface area contributed by atoms with E-state index in [4.69, 9.17) is 9.47 Å². The Balaban J connectivity index is 1.39. The molecular weight excluding hydrogens is 490 g/mol. The van der Waals surface area contributed by atoms with Crippen LogP contribution in [0.5, 0.6) is 0 Å². The van der Waals surface area contributed by atoms with Crippen LogP contribution in [0.15, 0.2) is 18.3 Å². The van der Waals surface area contributed by atoms with E-state index in [1.807, 2.05) is 6.07 Å². The number of rotatable bonds is 8. The molecule has 198 valence electrons. The van der Waals surface area contributed by atoms with Crippen molar-refractivity contribution >= 4 is 35.7 Å². The lowest BCUT2D eigenvalue weighted by Gasteiger charge is -2.49. The molecule has 12 nitrogen and oxygen atoms in total. The Morgan fingerprint density at radius 3 is 2.95 bits per heavy atom. The topological polar surface area (TPSA) is 150 Å². The molecule has 1 saturated heterocycles. The third-order valence-electron chi connectivity index (χ3n) is 7.17. The van der Waals surface area contributed by atoms with E-state index in [9.17, 15) is 19.6 Å². The van der Waals surface area contributed by atoms with E-state index in [1.54, 1.807) is 23.0 Å². The number of carbonyl (C=O) groups excluding carboxylic acids is 3. The first kappa shape index (κ1) is 25.4. The summed E-state index contributed by atoms with van der Waals surface area (Å²) in [5.74, 6) is 0.974. The molecule has 2 aromatic heterocycles. The zero-order valence-electron chi connectivity index (χ0n) is 21.1. The third-order valence-corrected chi connectivity index (χ3v) is 7.17. The van der Waals surface area contributed by atoms with Gasteiger partial charge in [0.1, 0.15) is 23.4 Å². The van der Waals surface area contributed by atoms with Gasteiger partial charge in [-0.15, -0.1) is 0 Å². The van der Waals surface area contributed by atoms with Crippen LogP contribution in [0, 0.1) is 11.3 Å². The molecule has 0 unspecified atom stereocenters. The van der Waals surface area contributed by atoms with Crippen LogP contribution in [-0.2, 0) is 16.0 Å². The minimum absolute atomic E-state index is 0.0383. The number of anilines is 3. The highest BCUT2D eigenvalue weighted by molar-refractivity contribution is 6.03. The number of carbonyl (C=O) groups is 3. The van der Waals surface area contributed by atoms with Gasteiger partial charge in [-0.25, -0.2) is 19.6 Å². The molecular formula is C26H29N7O5. The van der Waals surface area contributed by atoms with E-state index >= 15 is 0 Å². The second-order valence-corrected chi connectivity index (χ2v) is 9.58. The largest absolute Gasteiger partial charge is 0.449 e. The molecule has 4 aliphatic rings. The number of nitrogens with zero attached hydrogens (tertiary/aromatic N) is 5. The summed E-state index contributed by atoms with van der Waals surface area (Å²) in [6.07, 6.45) is 4.87. The molecule has 6 rings (SSSR count). The van der Waals surface area contributed by atoms with Crippen molar-refractivity contribution in [3.8, 4) is 6.07 Å². The first-order valence-corrected chi connectivity index (χ1v) is 12.7. The number of aromatic nitrogens is 2. The maximum Gasteiger partial charge on any atom is 0.410 e. The van der Waals surface area contributed by atoms with Gasteiger partial charge >= 0.3 is 12.1 Å². The molecule has 0 radical (unpaired) electrons. The number of ether oxygens (including phenoxy) is 2. The quantitative estimate of drug-likeness (QED) is 0.396. The van der Waals surface area contributed by atoms with Crippen LogP contribution < -0.4 is 15.5 Å². The second-order valence-electron chi connectivity index (χ2n) is 9.58. The summed E-state index contributed by atoms with van der Waals surface area (Å²) in [7, 11) is 1.59. The van der Waals surface area contributed by atoms with Crippen molar-refractivity contribution < 1.29 is 23.9 Å². The number of aldehydes is 1. The average Bonchev–Trinajstić information content (AvgIpc) is 3.10. The van der Waals surface area contributed by atoms with Gasteiger partial charge in [-0.1, -0.05) is 0 Å². The molecule has 3 amide bonds. The molecule has 1 aliphatic carbocycles. The lowest BCUT2D eigenvalue weighted by Crippen LogP contribution is -2.54. The number of urea groups is 1.